The molecule has 6 nitrogen and oxygen atoms in total. The van der Waals surface area contributed by atoms with Crippen molar-refractivity contribution < 1.29 is 19.4 Å². The number of carbonyl (C=O) groups is 2. The average molecular weight is 258 g/mol. The van der Waals surface area contributed by atoms with Crippen LogP contribution in [-0.4, -0.2) is 58.4 Å². The molecule has 1 rings (SSSR count). The fourth-order valence-corrected chi connectivity index (χ4v) is 1.84. The molecule has 2 amide bonds. The SMILES string of the molecule is C[C@@H]1CCN(C(=O)O)CCN1C(=O)OC(C)(C)C. The van der Waals surface area contributed by atoms with Crippen LogP contribution in [0.1, 0.15) is 34.1 Å². The molecule has 18 heavy (non-hydrogen) atoms. The number of amides is 2. The maximum absolute atomic E-state index is 12.0. The molecule has 1 atom stereocenters. The van der Waals surface area contributed by atoms with E-state index in [4.69, 9.17) is 9.84 Å². The van der Waals surface area contributed by atoms with Crippen LogP contribution in [0.5, 0.6) is 0 Å². The predicted molar refractivity (Wildman–Crippen MR) is 66.6 cm³/mol. The Balaban J connectivity index is 2.65. The van der Waals surface area contributed by atoms with Crippen molar-refractivity contribution >= 4 is 12.2 Å². The van der Waals surface area contributed by atoms with Crippen molar-refractivity contribution in [2.24, 2.45) is 0 Å². The molecule has 0 bridgehead atoms. The molecule has 0 spiro atoms. The zero-order valence-electron chi connectivity index (χ0n) is 11.5. The Morgan fingerprint density at radius 3 is 2.33 bits per heavy atom. The molecule has 0 aliphatic carbocycles. The second-order valence-corrected chi connectivity index (χ2v) is 5.58. The molecule has 0 aromatic carbocycles. The number of nitrogens with zero attached hydrogens (tertiary/aromatic N) is 2. The van der Waals surface area contributed by atoms with Crippen molar-refractivity contribution in [3.05, 3.63) is 0 Å². The minimum Gasteiger partial charge on any atom is -0.465 e. The molecule has 1 aliphatic rings. The second kappa shape index (κ2) is 5.46. The van der Waals surface area contributed by atoms with Gasteiger partial charge in [-0.3, -0.25) is 0 Å². The summed E-state index contributed by atoms with van der Waals surface area (Å²) in [6.07, 6.45) is -0.679. The fraction of sp³-hybridized carbons (Fsp3) is 0.833. The van der Waals surface area contributed by atoms with E-state index in [1.165, 1.54) is 4.90 Å². The third kappa shape index (κ3) is 4.09. The highest BCUT2D eigenvalue weighted by atomic mass is 16.6. The van der Waals surface area contributed by atoms with Gasteiger partial charge in [0.25, 0.3) is 0 Å². The van der Waals surface area contributed by atoms with Crippen molar-refractivity contribution in [2.75, 3.05) is 19.6 Å². The minimum absolute atomic E-state index is 0.0100. The molecule has 1 fully saturated rings. The topological polar surface area (TPSA) is 70.1 Å². The lowest BCUT2D eigenvalue weighted by molar-refractivity contribution is 0.0186. The molecule has 1 heterocycles. The van der Waals surface area contributed by atoms with Crippen LogP contribution in [0, 0.1) is 0 Å². The van der Waals surface area contributed by atoms with Gasteiger partial charge in [-0.1, -0.05) is 0 Å². The summed E-state index contributed by atoms with van der Waals surface area (Å²) in [5, 5.41) is 8.95. The molecular weight excluding hydrogens is 236 g/mol. The van der Waals surface area contributed by atoms with E-state index in [1.807, 2.05) is 27.7 Å². The second-order valence-electron chi connectivity index (χ2n) is 5.58. The zero-order valence-corrected chi connectivity index (χ0v) is 11.5. The Morgan fingerprint density at radius 2 is 1.83 bits per heavy atom. The van der Waals surface area contributed by atoms with E-state index in [0.29, 0.717) is 26.1 Å². The first-order valence-corrected chi connectivity index (χ1v) is 6.18. The molecule has 1 N–H and O–H groups in total. The third-order valence-corrected chi connectivity index (χ3v) is 2.86. The monoisotopic (exact) mass is 258 g/mol. The zero-order chi connectivity index (χ0) is 13.9. The van der Waals surface area contributed by atoms with E-state index < -0.39 is 11.7 Å². The molecule has 1 saturated heterocycles. The van der Waals surface area contributed by atoms with E-state index in [2.05, 4.69) is 0 Å². The Kier molecular flexibility index (Phi) is 4.43. The lowest BCUT2D eigenvalue weighted by Crippen LogP contribution is -2.43. The predicted octanol–water partition coefficient (Wildman–Crippen LogP) is 2.00. The highest BCUT2D eigenvalue weighted by Gasteiger charge is 2.29. The molecule has 0 aromatic heterocycles. The summed E-state index contributed by atoms with van der Waals surface area (Å²) in [6.45, 7) is 8.52. The van der Waals surface area contributed by atoms with Gasteiger partial charge in [-0.2, -0.15) is 0 Å². The number of carboxylic acid groups (broad SMARTS) is 1. The molecule has 0 unspecified atom stereocenters. The summed E-state index contributed by atoms with van der Waals surface area (Å²) >= 11 is 0. The van der Waals surface area contributed by atoms with Crippen molar-refractivity contribution in [3.63, 3.8) is 0 Å². The van der Waals surface area contributed by atoms with Crippen molar-refractivity contribution in [1.82, 2.24) is 9.80 Å². The summed E-state index contributed by atoms with van der Waals surface area (Å²) < 4.78 is 5.32. The van der Waals surface area contributed by atoms with E-state index in [1.54, 1.807) is 4.90 Å². The maximum atomic E-state index is 12.0. The van der Waals surface area contributed by atoms with E-state index in [0.717, 1.165) is 0 Å². The van der Waals surface area contributed by atoms with Crippen LogP contribution in [0.25, 0.3) is 0 Å². The Morgan fingerprint density at radius 1 is 1.22 bits per heavy atom. The summed E-state index contributed by atoms with van der Waals surface area (Å²) in [7, 11) is 0. The lowest BCUT2D eigenvalue weighted by atomic mass is 10.2. The van der Waals surface area contributed by atoms with Gasteiger partial charge in [0.15, 0.2) is 0 Å². The van der Waals surface area contributed by atoms with Crippen LogP contribution in [-0.2, 0) is 4.74 Å². The van der Waals surface area contributed by atoms with Gasteiger partial charge >= 0.3 is 12.2 Å². The van der Waals surface area contributed by atoms with Crippen molar-refractivity contribution in [3.8, 4) is 0 Å². The molecule has 0 saturated carbocycles. The first kappa shape index (κ1) is 14.6. The number of carbonyl (C=O) groups excluding carboxylic acids is 1. The largest absolute Gasteiger partial charge is 0.465 e. The summed E-state index contributed by atoms with van der Waals surface area (Å²) in [6, 6.07) is -0.0100. The fourth-order valence-electron chi connectivity index (χ4n) is 1.84. The van der Waals surface area contributed by atoms with Crippen LogP contribution in [0.2, 0.25) is 0 Å². The van der Waals surface area contributed by atoms with Gasteiger partial charge in [-0.15, -0.1) is 0 Å². The summed E-state index contributed by atoms with van der Waals surface area (Å²) in [5.74, 6) is 0. The molecular formula is C12H22N2O4. The maximum Gasteiger partial charge on any atom is 0.410 e. The van der Waals surface area contributed by atoms with Gasteiger partial charge in [0.05, 0.1) is 0 Å². The molecule has 6 heteroatoms. The van der Waals surface area contributed by atoms with Crippen LogP contribution in [0.3, 0.4) is 0 Å². The lowest BCUT2D eigenvalue weighted by Gasteiger charge is -2.30. The Hall–Kier alpha value is -1.46. The van der Waals surface area contributed by atoms with Crippen LogP contribution >= 0.6 is 0 Å². The summed E-state index contributed by atoms with van der Waals surface area (Å²) in [4.78, 5) is 25.8. The smallest absolute Gasteiger partial charge is 0.410 e. The van der Waals surface area contributed by atoms with Crippen LogP contribution in [0.15, 0.2) is 0 Å². The minimum atomic E-state index is -0.937. The van der Waals surface area contributed by atoms with E-state index in [9.17, 15) is 9.59 Å². The van der Waals surface area contributed by atoms with Gasteiger partial charge < -0.3 is 19.6 Å². The number of ether oxygens (including phenoxy) is 1. The van der Waals surface area contributed by atoms with Crippen LogP contribution < -0.4 is 0 Å². The first-order valence-electron chi connectivity index (χ1n) is 6.18. The standard InChI is InChI=1S/C12H22N2O4/c1-9-5-6-13(10(15)16)7-8-14(9)11(17)18-12(2,3)4/h9H,5-8H2,1-4H3,(H,15,16)/t9-/m1/s1. The van der Waals surface area contributed by atoms with Crippen LogP contribution in [0.4, 0.5) is 9.59 Å². The highest BCUT2D eigenvalue weighted by Crippen LogP contribution is 2.16. The molecule has 0 radical (unpaired) electrons. The number of hydrogen-bond donors (Lipinski definition) is 1. The Labute approximate surface area is 107 Å². The molecule has 0 aromatic rings. The van der Waals surface area contributed by atoms with Gasteiger partial charge in [-0.05, 0) is 34.1 Å². The summed E-state index contributed by atoms with van der Waals surface area (Å²) in [5.41, 5.74) is -0.532. The van der Waals surface area contributed by atoms with E-state index in [-0.39, 0.29) is 12.1 Å². The quantitative estimate of drug-likeness (QED) is 0.721. The number of rotatable bonds is 0. The number of hydrogen-bond acceptors (Lipinski definition) is 3. The first-order chi connectivity index (χ1) is 8.20. The van der Waals surface area contributed by atoms with Gasteiger partial charge in [0.2, 0.25) is 0 Å². The third-order valence-electron chi connectivity index (χ3n) is 2.86. The average Bonchev–Trinajstić information content (AvgIpc) is 2.37. The van der Waals surface area contributed by atoms with Crippen molar-refractivity contribution in [2.45, 2.75) is 45.8 Å². The van der Waals surface area contributed by atoms with Crippen molar-refractivity contribution in [1.29, 1.82) is 0 Å². The molecule has 1 aliphatic heterocycles. The van der Waals surface area contributed by atoms with Gasteiger partial charge in [0, 0.05) is 25.7 Å². The van der Waals surface area contributed by atoms with Gasteiger partial charge in [0.1, 0.15) is 5.60 Å². The van der Waals surface area contributed by atoms with E-state index >= 15 is 0 Å². The molecule has 104 valence electrons. The Bertz CT molecular complexity index is 325. The normalized spacial score (nSPS) is 21.4. The highest BCUT2D eigenvalue weighted by molar-refractivity contribution is 5.69. The van der Waals surface area contributed by atoms with Gasteiger partial charge in [-0.25, -0.2) is 9.59 Å².